The smallest absolute Gasteiger partial charge is 0.261 e. The van der Waals surface area contributed by atoms with E-state index in [1.807, 2.05) is 53.1 Å². The van der Waals surface area contributed by atoms with Gasteiger partial charge in [-0.05, 0) is 67.5 Å². The summed E-state index contributed by atoms with van der Waals surface area (Å²) in [5, 5.41) is 1.12. The van der Waals surface area contributed by atoms with Gasteiger partial charge in [0.15, 0.2) is 0 Å². The van der Waals surface area contributed by atoms with Crippen LogP contribution >= 0.6 is 11.6 Å². The van der Waals surface area contributed by atoms with Crippen LogP contribution in [0.15, 0.2) is 53.3 Å². The van der Waals surface area contributed by atoms with Crippen LogP contribution in [0.4, 0.5) is 0 Å². The summed E-state index contributed by atoms with van der Waals surface area (Å²) in [6.07, 6.45) is 8.49. The highest BCUT2D eigenvalue weighted by Gasteiger charge is 2.23. The quantitative estimate of drug-likeness (QED) is 0.648. The first kappa shape index (κ1) is 19.9. The van der Waals surface area contributed by atoms with Gasteiger partial charge in [0.25, 0.3) is 5.56 Å². The zero-order chi connectivity index (χ0) is 20.2. The van der Waals surface area contributed by atoms with Crippen LogP contribution in [0, 0.1) is 11.8 Å². The lowest BCUT2D eigenvalue weighted by Crippen LogP contribution is -2.31. The van der Waals surface area contributed by atoms with Crippen LogP contribution < -0.4 is 11.3 Å². The Hall–Kier alpha value is -2.43. The van der Waals surface area contributed by atoms with E-state index in [4.69, 9.17) is 22.3 Å². The molecule has 2 N–H and O–H groups in total. The lowest BCUT2D eigenvalue weighted by atomic mass is 9.81. The summed E-state index contributed by atoms with van der Waals surface area (Å²) in [5.41, 5.74) is 7.63. The third kappa shape index (κ3) is 4.60. The van der Waals surface area contributed by atoms with E-state index in [-0.39, 0.29) is 5.56 Å². The molecule has 0 amide bonds. The minimum atomic E-state index is -0.0277. The monoisotopic (exact) mass is 407 g/mol. The molecule has 0 saturated heterocycles. The fourth-order valence-electron chi connectivity index (χ4n) is 4.29. The molecule has 1 aromatic heterocycles. The van der Waals surface area contributed by atoms with Crippen molar-refractivity contribution in [3.63, 3.8) is 0 Å². The fraction of sp³-hybridized carbons (Fsp3) is 0.333. The normalized spacial score (nSPS) is 19.8. The molecule has 3 aromatic rings. The van der Waals surface area contributed by atoms with Gasteiger partial charge >= 0.3 is 0 Å². The van der Waals surface area contributed by atoms with Crippen LogP contribution in [0.1, 0.15) is 37.1 Å². The summed E-state index contributed by atoms with van der Waals surface area (Å²) < 4.78 is 1.82. The molecule has 1 aliphatic rings. The molecule has 4 nitrogen and oxygen atoms in total. The summed E-state index contributed by atoms with van der Waals surface area (Å²) in [6, 6.07) is 15.4. The van der Waals surface area contributed by atoms with Crippen molar-refractivity contribution in [3.05, 3.63) is 75.3 Å². The lowest BCUT2D eigenvalue weighted by molar-refractivity contribution is 0.245. The first-order valence-electron chi connectivity index (χ1n) is 10.3. The third-order valence-electron chi connectivity index (χ3n) is 5.84. The van der Waals surface area contributed by atoms with Gasteiger partial charge in [0, 0.05) is 11.6 Å². The van der Waals surface area contributed by atoms with Crippen LogP contribution in [0.25, 0.3) is 23.1 Å². The van der Waals surface area contributed by atoms with Crippen LogP contribution in [0.5, 0.6) is 0 Å². The minimum Gasteiger partial charge on any atom is -0.330 e. The van der Waals surface area contributed by atoms with Crippen LogP contribution in [-0.4, -0.2) is 16.1 Å². The number of rotatable bonds is 5. The van der Waals surface area contributed by atoms with Gasteiger partial charge < -0.3 is 5.73 Å². The highest BCUT2D eigenvalue weighted by atomic mass is 35.5. The molecule has 4 rings (SSSR count). The highest BCUT2D eigenvalue weighted by Crippen LogP contribution is 2.29. The van der Waals surface area contributed by atoms with Gasteiger partial charge in [-0.1, -0.05) is 54.4 Å². The van der Waals surface area contributed by atoms with E-state index in [2.05, 4.69) is 0 Å². The van der Waals surface area contributed by atoms with Crippen LogP contribution in [0.2, 0.25) is 5.02 Å². The highest BCUT2D eigenvalue weighted by molar-refractivity contribution is 6.31. The number of hydrogen-bond acceptors (Lipinski definition) is 3. The first-order chi connectivity index (χ1) is 14.1. The van der Waals surface area contributed by atoms with E-state index in [0.29, 0.717) is 40.1 Å². The number of halogens is 1. The largest absolute Gasteiger partial charge is 0.330 e. The average Bonchev–Trinajstić information content (AvgIpc) is 2.76. The van der Waals surface area contributed by atoms with Gasteiger partial charge in [-0.25, -0.2) is 4.98 Å². The Balaban J connectivity index is 1.75. The van der Waals surface area contributed by atoms with Gasteiger partial charge in [-0.3, -0.25) is 9.36 Å². The molecule has 1 fully saturated rings. The molecule has 5 heteroatoms. The van der Waals surface area contributed by atoms with Crippen molar-refractivity contribution in [3.8, 4) is 0 Å². The molecule has 0 bridgehead atoms. The first-order valence-corrected chi connectivity index (χ1v) is 10.6. The predicted molar refractivity (Wildman–Crippen MR) is 121 cm³/mol. The SMILES string of the molecule is NCC1CCCC(Cn2c(/C=C/c3ccccc3)nc3ccc(Cl)cc3c2=O)C1. The molecule has 0 spiro atoms. The molecule has 2 atom stereocenters. The number of nitrogens with two attached hydrogens (primary N) is 1. The van der Waals surface area contributed by atoms with Crippen molar-refractivity contribution in [1.29, 1.82) is 0 Å². The molecule has 2 unspecified atom stereocenters. The van der Waals surface area contributed by atoms with Gasteiger partial charge in [0.05, 0.1) is 10.9 Å². The maximum atomic E-state index is 13.3. The van der Waals surface area contributed by atoms with E-state index >= 15 is 0 Å². The summed E-state index contributed by atoms with van der Waals surface area (Å²) in [7, 11) is 0. The molecule has 1 aliphatic carbocycles. The Bertz CT molecular complexity index is 1070. The summed E-state index contributed by atoms with van der Waals surface area (Å²) >= 11 is 6.15. The number of fused-ring (bicyclic) bond motifs is 1. The molecule has 2 aromatic carbocycles. The van der Waals surface area contributed by atoms with Crippen molar-refractivity contribution in [2.75, 3.05) is 6.54 Å². The van der Waals surface area contributed by atoms with Crippen molar-refractivity contribution in [2.24, 2.45) is 17.6 Å². The lowest BCUT2D eigenvalue weighted by Gasteiger charge is -2.29. The molecule has 29 heavy (non-hydrogen) atoms. The summed E-state index contributed by atoms with van der Waals surface area (Å²) in [4.78, 5) is 18.1. The third-order valence-corrected chi connectivity index (χ3v) is 6.07. The Labute approximate surface area is 176 Å². The van der Waals surface area contributed by atoms with Crippen molar-refractivity contribution in [1.82, 2.24) is 9.55 Å². The average molecular weight is 408 g/mol. The Kier molecular flexibility index (Phi) is 6.12. The Morgan fingerprint density at radius 1 is 1.10 bits per heavy atom. The summed E-state index contributed by atoms with van der Waals surface area (Å²) in [6.45, 7) is 1.39. The fourth-order valence-corrected chi connectivity index (χ4v) is 4.46. The maximum absolute atomic E-state index is 13.3. The van der Waals surface area contributed by atoms with Gasteiger partial charge in [0.2, 0.25) is 0 Å². The molecule has 150 valence electrons. The second-order valence-electron chi connectivity index (χ2n) is 7.93. The molecule has 0 radical (unpaired) electrons. The standard InChI is InChI=1S/C24H26ClN3O/c25-20-10-11-22-21(14-20)24(29)28(16-19-8-4-7-18(13-19)15-26)23(27-22)12-9-17-5-2-1-3-6-17/h1-3,5-6,9-12,14,18-19H,4,7-8,13,15-16,26H2/b12-9+. The predicted octanol–water partition coefficient (Wildman–Crippen LogP) is 4.99. The topological polar surface area (TPSA) is 60.9 Å². The number of benzene rings is 2. The molecular weight excluding hydrogens is 382 g/mol. The van der Waals surface area contributed by atoms with Gasteiger partial charge in [-0.2, -0.15) is 0 Å². The van der Waals surface area contributed by atoms with Gasteiger partial charge in [0.1, 0.15) is 5.82 Å². The van der Waals surface area contributed by atoms with Crippen molar-refractivity contribution in [2.45, 2.75) is 32.2 Å². The molecule has 1 saturated carbocycles. The second-order valence-corrected chi connectivity index (χ2v) is 8.36. The molecular formula is C24H26ClN3O. The Morgan fingerprint density at radius 3 is 2.69 bits per heavy atom. The zero-order valence-electron chi connectivity index (χ0n) is 16.4. The minimum absolute atomic E-state index is 0.0277. The number of nitrogens with zero attached hydrogens (tertiary/aromatic N) is 2. The van der Waals surface area contributed by atoms with E-state index in [0.717, 1.165) is 24.9 Å². The molecule has 0 aliphatic heterocycles. The number of aromatic nitrogens is 2. The van der Waals surface area contributed by atoms with E-state index in [1.54, 1.807) is 12.1 Å². The molecule has 1 heterocycles. The van der Waals surface area contributed by atoms with E-state index in [1.165, 1.54) is 12.8 Å². The summed E-state index contributed by atoms with van der Waals surface area (Å²) in [5.74, 6) is 1.68. The van der Waals surface area contributed by atoms with Crippen LogP contribution in [0.3, 0.4) is 0 Å². The van der Waals surface area contributed by atoms with Gasteiger partial charge in [-0.15, -0.1) is 0 Å². The zero-order valence-corrected chi connectivity index (χ0v) is 17.2. The van der Waals surface area contributed by atoms with Crippen molar-refractivity contribution < 1.29 is 0 Å². The second kappa shape index (κ2) is 8.93. The Morgan fingerprint density at radius 2 is 1.90 bits per heavy atom. The van der Waals surface area contributed by atoms with Crippen molar-refractivity contribution >= 4 is 34.7 Å². The van der Waals surface area contributed by atoms with E-state index < -0.39 is 0 Å². The van der Waals surface area contributed by atoms with E-state index in [9.17, 15) is 4.79 Å². The number of hydrogen-bond donors (Lipinski definition) is 1. The van der Waals surface area contributed by atoms with Crippen LogP contribution in [-0.2, 0) is 6.54 Å². The maximum Gasteiger partial charge on any atom is 0.261 e.